The third kappa shape index (κ3) is 5.33. The number of rotatable bonds is 8. The molecule has 2 aliphatic heterocycles. The smallest absolute Gasteiger partial charge is 0.335 e. The van der Waals surface area contributed by atoms with Crippen molar-refractivity contribution in [1.82, 2.24) is 9.55 Å². The lowest BCUT2D eigenvalue weighted by Crippen LogP contribution is -2.66. The molecule has 0 amide bonds. The standard InChI is InChI=1S/C23H40N2O9Si2/c1-13(2)35(14(3)4)31-11-17-20(33-36(34-35,15(5)6)16(7)8)21(30-12-19(27)28)22(32-17)25-10-9-18(26)24-23(25)29/h9-10,13-17,20-22H,11-12H2,1-8H3,(H,27,28)(H,24,26,29)/t17-,20?,21+,22-/m1/s1. The first-order chi connectivity index (χ1) is 16.7. The van der Waals surface area contributed by atoms with E-state index in [1.165, 1.54) is 16.8 Å². The van der Waals surface area contributed by atoms with Gasteiger partial charge in [0, 0.05) is 12.3 Å². The molecule has 1 unspecified atom stereocenters. The molecule has 0 spiro atoms. The van der Waals surface area contributed by atoms with E-state index < -0.39 is 65.5 Å². The van der Waals surface area contributed by atoms with E-state index in [1.54, 1.807) is 0 Å². The Morgan fingerprint density at radius 3 is 2.17 bits per heavy atom. The van der Waals surface area contributed by atoms with Crippen molar-refractivity contribution in [1.29, 1.82) is 0 Å². The number of nitrogens with one attached hydrogen (secondary N) is 1. The molecular weight excluding hydrogens is 504 g/mol. The van der Waals surface area contributed by atoms with Gasteiger partial charge in [-0.15, -0.1) is 0 Å². The fourth-order valence-corrected chi connectivity index (χ4v) is 16.5. The Morgan fingerprint density at radius 1 is 1.08 bits per heavy atom. The van der Waals surface area contributed by atoms with Crippen molar-refractivity contribution in [3.8, 4) is 0 Å². The summed E-state index contributed by atoms with van der Waals surface area (Å²) >= 11 is 0. The van der Waals surface area contributed by atoms with Gasteiger partial charge in [0.2, 0.25) is 0 Å². The number of aromatic amines is 1. The third-order valence-electron chi connectivity index (χ3n) is 7.14. The molecule has 2 aliphatic rings. The molecule has 0 saturated carbocycles. The molecule has 11 nitrogen and oxygen atoms in total. The van der Waals surface area contributed by atoms with E-state index in [2.05, 4.69) is 60.4 Å². The van der Waals surface area contributed by atoms with Crippen LogP contribution in [0.3, 0.4) is 0 Å². The lowest BCUT2D eigenvalue weighted by Gasteiger charge is -2.51. The average molecular weight is 545 g/mol. The summed E-state index contributed by atoms with van der Waals surface area (Å²) in [6, 6.07) is 1.21. The van der Waals surface area contributed by atoms with Gasteiger partial charge in [0.1, 0.15) is 24.9 Å². The normalized spacial score (nSPS) is 27.9. The van der Waals surface area contributed by atoms with Crippen molar-refractivity contribution in [2.45, 2.75) is 102 Å². The van der Waals surface area contributed by atoms with Crippen LogP contribution < -0.4 is 11.2 Å². The molecule has 0 bridgehead atoms. The second kappa shape index (κ2) is 11.0. The van der Waals surface area contributed by atoms with E-state index in [4.69, 9.17) is 22.4 Å². The van der Waals surface area contributed by atoms with Gasteiger partial charge < -0.3 is 27.5 Å². The van der Waals surface area contributed by atoms with Gasteiger partial charge in [0.05, 0.1) is 6.61 Å². The van der Waals surface area contributed by atoms with Crippen LogP contribution in [0.5, 0.6) is 0 Å². The summed E-state index contributed by atoms with van der Waals surface area (Å²) in [7, 11) is -5.85. The molecule has 3 heterocycles. The summed E-state index contributed by atoms with van der Waals surface area (Å²) in [5, 5.41) is 9.33. The van der Waals surface area contributed by atoms with Gasteiger partial charge in [-0.25, -0.2) is 9.59 Å². The van der Waals surface area contributed by atoms with E-state index in [0.29, 0.717) is 0 Å². The molecular formula is C23H40N2O9Si2. The maximum absolute atomic E-state index is 12.7. The van der Waals surface area contributed by atoms with Gasteiger partial charge in [-0.2, -0.15) is 0 Å². The monoisotopic (exact) mass is 544 g/mol. The van der Waals surface area contributed by atoms with Crippen molar-refractivity contribution in [2.24, 2.45) is 0 Å². The number of aromatic nitrogens is 2. The molecule has 1 aromatic rings. The maximum atomic E-state index is 12.7. The number of nitrogens with zero attached hydrogens (tertiary/aromatic N) is 1. The molecule has 13 heteroatoms. The Labute approximate surface area is 213 Å². The summed E-state index contributed by atoms with van der Waals surface area (Å²) < 4.78 is 34.2. The number of aliphatic carboxylic acids is 1. The highest BCUT2D eigenvalue weighted by atomic mass is 28.5. The van der Waals surface area contributed by atoms with Gasteiger partial charge >= 0.3 is 28.8 Å². The Balaban J connectivity index is 2.15. The number of hydrogen-bond donors (Lipinski definition) is 2. The quantitative estimate of drug-likeness (QED) is 0.473. The van der Waals surface area contributed by atoms with Crippen LogP contribution >= 0.6 is 0 Å². The Hall–Kier alpha value is -1.62. The lowest BCUT2D eigenvalue weighted by molar-refractivity contribution is -0.149. The highest BCUT2D eigenvalue weighted by Gasteiger charge is 2.62. The average Bonchev–Trinajstić information content (AvgIpc) is 3.07. The predicted octanol–water partition coefficient (Wildman–Crippen LogP) is 2.86. The van der Waals surface area contributed by atoms with Gasteiger partial charge in [0.15, 0.2) is 6.23 Å². The minimum Gasteiger partial charge on any atom is -0.480 e. The van der Waals surface area contributed by atoms with Crippen LogP contribution in [0.15, 0.2) is 21.9 Å². The first-order valence-corrected chi connectivity index (χ1v) is 16.5. The Bertz CT molecular complexity index is 1020. The SMILES string of the molecule is CC(C)[Si]1(C(C)C)OC[C@H]2O[C@@H](n3ccc(=O)[nH]c3=O)[C@@H](OCC(=O)O)C2O[Si](C(C)C)(C(C)C)O1. The van der Waals surface area contributed by atoms with Crippen molar-refractivity contribution >= 4 is 23.1 Å². The minimum atomic E-state index is -3.03. The van der Waals surface area contributed by atoms with Crippen molar-refractivity contribution in [3.63, 3.8) is 0 Å². The van der Waals surface area contributed by atoms with Crippen LogP contribution in [-0.2, 0) is 27.2 Å². The number of H-pyrrole nitrogens is 1. The number of fused-ring (bicyclic) bond motifs is 1. The van der Waals surface area contributed by atoms with Crippen molar-refractivity contribution in [2.75, 3.05) is 13.2 Å². The first-order valence-electron chi connectivity index (χ1n) is 12.6. The van der Waals surface area contributed by atoms with Crippen LogP contribution in [0.25, 0.3) is 0 Å². The van der Waals surface area contributed by atoms with Crippen LogP contribution in [0.4, 0.5) is 0 Å². The van der Waals surface area contributed by atoms with Gasteiger partial charge in [-0.3, -0.25) is 14.3 Å². The second-order valence-corrected chi connectivity index (χ2v) is 19.7. The molecule has 0 aliphatic carbocycles. The van der Waals surface area contributed by atoms with Crippen LogP contribution in [0.1, 0.15) is 61.6 Å². The number of carboxylic acids is 1. The Kier molecular flexibility index (Phi) is 8.85. The molecule has 2 saturated heterocycles. The molecule has 3 rings (SSSR count). The number of ether oxygens (including phenoxy) is 2. The van der Waals surface area contributed by atoms with Gasteiger partial charge in [-0.1, -0.05) is 55.4 Å². The molecule has 1 aromatic heterocycles. The molecule has 2 N–H and O–H groups in total. The Morgan fingerprint density at radius 2 is 1.67 bits per heavy atom. The summed E-state index contributed by atoms with van der Waals surface area (Å²) in [6.45, 7) is 16.3. The summed E-state index contributed by atoms with van der Waals surface area (Å²) in [5.74, 6) is -1.16. The van der Waals surface area contributed by atoms with E-state index in [1.807, 2.05) is 0 Å². The first kappa shape index (κ1) is 28.9. The highest BCUT2D eigenvalue weighted by Crippen LogP contribution is 2.48. The summed E-state index contributed by atoms with van der Waals surface area (Å²) in [6.07, 6.45) is -2.03. The molecule has 4 atom stereocenters. The zero-order chi connectivity index (χ0) is 27.0. The fraction of sp³-hybridized carbons (Fsp3) is 0.783. The molecule has 0 aromatic carbocycles. The van der Waals surface area contributed by atoms with E-state index in [9.17, 15) is 19.5 Å². The van der Waals surface area contributed by atoms with Gasteiger partial charge in [-0.05, 0) is 22.2 Å². The zero-order valence-corrected chi connectivity index (χ0v) is 24.3. The van der Waals surface area contributed by atoms with E-state index in [0.717, 1.165) is 0 Å². The molecule has 0 radical (unpaired) electrons. The van der Waals surface area contributed by atoms with Crippen LogP contribution in [-0.4, -0.2) is 69.3 Å². The van der Waals surface area contributed by atoms with E-state index in [-0.39, 0.29) is 28.8 Å². The molecule has 36 heavy (non-hydrogen) atoms. The maximum Gasteiger partial charge on any atom is 0.335 e. The molecule has 2 fully saturated rings. The fourth-order valence-electron chi connectivity index (χ4n) is 5.32. The van der Waals surface area contributed by atoms with Crippen LogP contribution in [0, 0.1) is 0 Å². The lowest BCUT2D eigenvalue weighted by atomic mass is 10.1. The second-order valence-electron chi connectivity index (χ2n) is 10.8. The largest absolute Gasteiger partial charge is 0.480 e. The molecule has 204 valence electrons. The van der Waals surface area contributed by atoms with Gasteiger partial charge in [0.25, 0.3) is 5.56 Å². The zero-order valence-electron chi connectivity index (χ0n) is 22.3. The highest BCUT2D eigenvalue weighted by molar-refractivity contribution is 6.83. The minimum absolute atomic E-state index is 0.0409. The topological polar surface area (TPSA) is 138 Å². The van der Waals surface area contributed by atoms with Crippen molar-refractivity contribution < 1.29 is 32.3 Å². The summed E-state index contributed by atoms with van der Waals surface area (Å²) in [5.41, 5.74) is -0.877. The van der Waals surface area contributed by atoms with E-state index >= 15 is 0 Å². The number of carboxylic acid groups (broad SMARTS) is 1. The summed E-state index contributed by atoms with van der Waals surface area (Å²) in [4.78, 5) is 37.9. The van der Waals surface area contributed by atoms with Crippen LogP contribution in [0.2, 0.25) is 22.2 Å². The predicted molar refractivity (Wildman–Crippen MR) is 136 cm³/mol. The number of hydrogen-bond acceptors (Lipinski definition) is 8. The number of carbonyl (C=O) groups is 1. The third-order valence-corrected chi connectivity index (χ3v) is 17.4. The van der Waals surface area contributed by atoms with Crippen molar-refractivity contribution in [3.05, 3.63) is 33.1 Å².